The zero-order valence-electron chi connectivity index (χ0n) is 10.9. The summed E-state index contributed by atoms with van der Waals surface area (Å²) < 4.78 is 0. The van der Waals surface area contributed by atoms with Crippen LogP contribution in [-0.4, -0.2) is 17.9 Å². The molecule has 0 aliphatic rings. The highest BCUT2D eigenvalue weighted by Gasteiger charge is 2.12. The number of benzene rings is 1. The van der Waals surface area contributed by atoms with Gasteiger partial charge < -0.3 is 16.4 Å². The number of carbonyl (C=O) groups excluding carboxylic acids is 2. The molecule has 2 atom stereocenters. The van der Waals surface area contributed by atoms with Gasteiger partial charge in [-0.3, -0.25) is 9.59 Å². The van der Waals surface area contributed by atoms with Crippen LogP contribution in [0.5, 0.6) is 0 Å². The van der Waals surface area contributed by atoms with Gasteiger partial charge in [-0.1, -0.05) is 12.1 Å². The fourth-order valence-corrected chi connectivity index (χ4v) is 1.52. The van der Waals surface area contributed by atoms with Crippen molar-refractivity contribution in [2.45, 2.75) is 32.9 Å². The summed E-state index contributed by atoms with van der Waals surface area (Å²) in [5, 5.41) is 5.50. The first-order valence-electron chi connectivity index (χ1n) is 5.83. The van der Waals surface area contributed by atoms with Gasteiger partial charge in [-0.25, -0.2) is 0 Å². The van der Waals surface area contributed by atoms with E-state index < -0.39 is 6.04 Å². The molecule has 0 radical (unpaired) electrons. The second kappa shape index (κ2) is 6.16. The van der Waals surface area contributed by atoms with Crippen LogP contribution in [0.15, 0.2) is 24.3 Å². The van der Waals surface area contributed by atoms with Crippen LogP contribution in [0.3, 0.4) is 0 Å². The van der Waals surface area contributed by atoms with Crippen molar-refractivity contribution < 1.29 is 9.59 Å². The topological polar surface area (TPSA) is 84.2 Å². The van der Waals surface area contributed by atoms with Gasteiger partial charge in [0.05, 0.1) is 12.1 Å². The van der Waals surface area contributed by atoms with E-state index >= 15 is 0 Å². The van der Waals surface area contributed by atoms with Gasteiger partial charge in [-0.2, -0.15) is 0 Å². The minimum Gasteiger partial charge on any atom is -0.348 e. The van der Waals surface area contributed by atoms with Crippen molar-refractivity contribution in [3.05, 3.63) is 29.8 Å². The molecule has 0 spiro atoms. The van der Waals surface area contributed by atoms with Crippen LogP contribution in [0, 0.1) is 0 Å². The molecule has 18 heavy (non-hydrogen) atoms. The highest BCUT2D eigenvalue weighted by Crippen LogP contribution is 2.17. The molecule has 98 valence electrons. The van der Waals surface area contributed by atoms with Crippen molar-refractivity contribution >= 4 is 17.5 Å². The van der Waals surface area contributed by atoms with Gasteiger partial charge in [0.25, 0.3) is 0 Å². The molecule has 0 heterocycles. The SMILES string of the molecule is CC(=O)Nc1cccc(C(C)NC(=O)[C@@H](C)N)c1. The number of nitrogens with one attached hydrogen (secondary N) is 2. The first-order chi connectivity index (χ1) is 8.40. The van der Waals surface area contributed by atoms with E-state index in [0.717, 1.165) is 5.56 Å². The van der Waals surface area contributed by atoms with Crippen LogP contribution < -0.4 is 16.4 Å². The molecule has 0 saturated carbocycles. The fraction of sp³-hybridized carbons (Fsp3) is 0.385. The Bertz CT molecular complexity index is 444. The van der Waals surface area contributed by atoms with Crippen LogP contribution in [0.25, 0.3) is 0 Å². The van der Waals surface area contributed by atoms with Gasteiger partial charge in [-0.15, -0.1) is 0 Å². The number of carbonyl (C=O) groups is 2. The van der Waals surface area contributed by atoms with Gasteiger partial charge in [0.1, 0.15) is 0 Å². The summed E-state index contributed by atoms with van der Waals surface area (Å²) in [6.07, 6.45) is 0. The second-order valence-corrected chi connectivity index (χ2v) is 4.33. The van der Waals surface area contributed by atoms with Crippen molar-refractivity contribution in [3.8, 4) is 0 Å². The van der Waals surface area contributed by atoms with E-state index in [1.807, 2.05) is 25.1 Å². The van der Waals surface area contributed by atoms with E-state index in [1.165, 1.54) is 6.92 Å². The number of hydrogen-bond donors (Lipinski definition) is 3. The van der Waals surface area contributed by atoms with E-state index in [0.29, 0.717) is 5.69 Å². The molecular formula is C13H19N3O2. The minimum atomic E-state index is -0.536. The summed E-state index contributed by atoms with van der Waals surface area (Å²) in [6, 6.07) is 6.65. The van der Waals surface area contributed by atoms with Crippen molar-refractivity contribution in [2.24, 2.45) is 5.73 Å². The largest absolute Gasteiger partial charge is 0.348 e. The molecule has 0 aliphatic heterocycles. The van der Waals surface area contributed by atoms with E-state index in [-0.39, 0.29) is 17.9 Å². The normalized spacial score (nSPS) is 13.6. The van der Waals surface area contributed by atoms with Gasteiger partial charge in [-0.05, 0) is 31.5 Å². The van der Waals surface area contributed by atoms with Crippen molar-refractivity contribution in [1.82, 2.24) is 5.32 Å². The Hall–Kier alpha value is -1.88. The summed E-state index contributed by atoms with van der Waals surface area (Å²) >= 11 is 0. The van der Waals surface area contributed by atoms with Crippen molar-refractivity contribution in [2.75, 3.05) is 5.32 Å². The Labute approximate surface area is 107 Å². The number of rotatable bonds is 4. The number of anilines is 1. The van der Waals surface area contributed by atoms with E-state index in [9.17, 15) is 9.59 Å². The van der Waals surface area contributed by atoms with Crippen LogP contribution in [0.1, 0.15) is 32.4 Å². The Morgan fingerprint density at radius 3 is 2.50 bits per heavy atom. The summed E-state index contributed by atoms with van der Waals surface area (Å²) in [4.78, 5) is 22.4. The highest BCUT2D eigenvalue weighted by molar-refractivity contribution is 5.88. The first kappa shape index (κ1) is 14.2. The Morgan fingerprint density at radius 2 is 1.94 bits per heavy atom. The second-order valence-electron chi connectivity index (χ2n) is 4.33. The molecule has 1 rings (SSSR count). The lowest BCUT2D eigenvalue weighted by Crippen LogP contribution is -2.39. The third kappa shape index (κ3) is 4.18. The molecular weight excluding hydrogens is 230 g/mol. The zero-order valence-corrected chi connectivity index (χ0v) is 10.9. The van der Waals surface area contributed by atoms with E-state index in [4.69, 9.17) is 5.73 Å². The molecule has 5 heteroatoms. The van der Waals surface area contributed by atoms with Crippen molar-refractivity contribution in [3.63, 3.8) is 0 Å². The smallest absolute Gasteiger partial charge is 0.237 e. The zero-order chi connectivity index (χ0) is 13.7. The maximum absolute atomic E-state index is 11.5. The van der Waals surface area contributed by atoms with Crippen LogP contribution in [0.2, 0.25) is 0 Å². The quantitative estimate of drug-likeness (QED) is 0.749. The predicted molar refractivity (Wildman–Crippen MR) is 71.0 cm³/mol. The summed E-state index contributed by atoms with van der Waals surface area (Å²) in [7, 11) is 0. The van der Waals surface area contributed by atoms with Crippen LogP contribution in [-0.2, 0) is 9.59 Å². The molecule has 0 fully saturated rings. The first-order valence-corrected chi connectivity index (χ1v) is 5.83. The lowest BCUT2D eigenvalue weighted by Gasteiger charge is -2.16. The Morgan fingerprint density at radius 1 is 1.28 bits per heavy atom. The summed E-state index contributed by atoms with van der Waals surface area (Å²) in [5.74, 6) is -0.327. The number of amides is 2. The number of nitrogens with two attached hydrogens (primary N) is 1. The molecule has 4 N–H and O–H groups in total. The van der Waals surface area contributed by atoms with Crippen LogP contribution in [0.4, 0.5) is 5.69 Å². The standard InChI is InChI=1S/C13H19N3O2/c1-8(14)13(18)15-9(2)11-5-4-6-12(7-11)16-10(3)17/h4-9H,14H2,1-3H3,(H,15,18)(H,16,17)/t8-,9?/m1/s1. The van der Waals surface area contributed by atoms with Crippen LogP contribution >= 0.6 is 0 Å². The highest BCUT2D eigenvalue weighted by atomic mass is 16.2. The van der Waals surface area contributed by atoms with Gasteiger partial charge in [0, 0.05) is 12.6 Å². The molecule has 0 bridgehead atoms. The molecule has 0 aliphatic carbocycles. The summed E-state index contributed by atoms with van der Waals surface area (Å²) in [6.45, 7) is 4.96. The lowest BCUT2D eigenvalue weighted by atomic mass is 10.1. The minimum absolute atomic E-state index is 0.126. The molecule has 0 aromatic heterocycles. The Kier molecular flexibility index (Phi) is 4.85. The van der Waals surface area contributed by atoms with E-state index in [1.54, 1.807) is 13.0 Å². The molecule has 1 aromatic carbocycles. The molecule has 1 aromatic rings. The van der Waals surface area contributed by atoms with Gasteiger partial charge >= 0.3 is 0 Å². The van der Waals surface area contributed by atoms with Crippen molar-refractivity contribution in [1.29, 1.82) is 0 Å². The molecule has 2 amide bonds. The fourth-order valence-electron chi connectivity index (χ4n) is 1.52. The third-order valence-corrected chi connectivity index (χ3v) is 2.48. The lowest BCUT2D eigenvalue weighted by molar-refractivity contribution is -0.122. The maximum atomic E-state index is 11.5. The third-order valence-electron chi connectivity index (χ3n) is 2.48. The summed E-state index contributed by atoms with van der Waals surface area (Å²) in [5.41, 5.74) is 7.11. The molecule has 5 nitrogen and oxygen atoms in total. The van der Waals surface area contributed by atoms with Gasteiger partial charge in [0.2, 0.25) is 11.8 Å². The monoisotopic (exact) mass is 249 g/mol. The maximum Gasteiger partial charge on any atom is 0.237 e. The average Bonchev–Trinajstić information content (AvgIpc) is 2.28. The number of hydrogen-bond acceptors (Lipinski definition) is 3. The average molecular weight is 249 g/mol. The Balaban J connectivity index is 2.76. The van der Waals surface area contributed by atoms with E-state index in [2.05, 4.69) is 10.6 Å². The van der Waals surface area contributed by atoms with Gasteiger partial charge in [0.15, 0.2) is 0 Å². The molecule has 0 saturated heterocycles. The molecule has 1 unspecified atom stereocenters. The predicted octanol–water partition coefficient (Wildman–Crippen LogP) is 1.17.